The topological polar surface area (TPSA) is 62.3 Å². The summed E-state index contributed by atoms with van der Waals surface area (Å²) in [6, 6.07) is -0.309. The van der Waals surface area contributed by atoms with Crippen molar-refractivity contribution in [3.05, 3.63) is 16.1 Å². The highest BCUT2D eigenvalue weighted by molar-refractivity contribution is 7.09. The first kappa shape index (κ1) is 12.6. The number of carbonyl (C=O) groups excluding carboxylic acids is 2. The van der Waals surface area contributed by atoms with Gasteiger partial charge >= 0.3 is 0 Å². The van der Waals surface area contributed by atoms with Gasteiger partial charge in [-0.1, -0.05) is 0 Å². The molecule has 1 aromatic heterocycles. The van der Waals surface area contributed by atoms with Crippen molar-refractivity contribution in [3.63, 3.8) is 0 Å². The molecule has 2 aliphatic rings. The van der Waals surface area contributed by atoms with Crippen molar-refractivity contribution in [2.24, 2.45) is 5.92 Å². The molecule has 102 valence electrons. The lowest BCUT2D eigenvalue weighted by molar-refractivity contribution is -0.134. The molecule has 2 fully saturated rings. The van der Waals surface area contributed by atoms with Gasteiger partial charge in [0.1, 0.15) is 11.0 Å². The molecule has 19 heavy (non-hydrogen) atoms. The van der Waals surface area contributed by atoms with E-state index in [1.54, 1.807) is 16.2 Å². The quantitative estimate of drug-likeness (QED) is 0.900. The third-order valence-electron chi connectivity index (χ3n) is 3.59. The molecule has 0 bridgehead atoms. The van der Waals surface area contributed by atoms with E-state index in [1.165, 1.54) is 0 Å². The zero-order valence-corrected chi connectivity index (χ0v) is 11.7. The van der Waals surface area contributed by atoms with Gasteiger partial charge in [-0.15, -0.1) is 11.3 Å². The van der Waals surface area contributed by atoms with E-state index in [4.69, 9.17) is 0 Å². The minimum atomic E-state index is -0.309. The van der Waals surface area contributed by atoms with E-state index < -0.39 is 0 Å². The average Bonchev–Trinajstić information content (AvgIpc) is 3.14. The van der Waals surface area contributed by atoms with Crippen molar-refractivity contribution >= 4 is 23.2 Å². The molecule has 1 saturated carbocycles. The van der Waals surface area contributed by atoms with Gasteiger partial charge in [-0.2, -0.15) is 0 Å². The van der Waals surface area contributed by atoms with Gasteiger partial charge in [0.05, 0.1) is 6.54 Å². The first-order chi connectivity index (χ1) is 9.13. The summed E-state index contributed by atoms with van der Waals surface area (Å²) in [7, 11) is 0. The smallest absolute Gasteiger partial charge is 0.245 e. The van der Waals surface area contributed by atoms with E-state index in [-0.39, 0.29) is 17.9 Å². The highest BCUT2D eigenvalue weighted by Gasteiger charge is 2.40. The third-order valence-corrected chi connectivity index (χ3v) is 4.54. The van der Waals surface area contributed by atoms with Crippen LogP contribution in [0.5, 0.6) is 0 Å². The molecule has 1 aliphatic heterocycles. The Morgan fingerprint density at radius 1 is 1.47 bits per heavy atom. The number of nitrogens with zero attached hydrogens (tertiary/aromatic N) is 2. The van der Waals surface area contributed by atoms with Crippen molar-refractivity contribution in [1.29, 1.82) is 0 Å². The molecule has 2 amide bonds. The zero-order chi connectivity index (χ0) is 13.4. The molecule has 1 N–H and O–H groups in total. The Labute approximate surface area is 116 Å². The molecule has 3 rings (SSSR count). The molecular formula is C13H17N3O2S. The van der Waals surface area contributed by atoms with Crippen LogP contribution in [0.25, 0.3) is 0 Å². The van der Waals surface area contributed by atoms with E-state index in [0.717, 1.165) is 23.5 Å². The standard InChI is InChI=1S/C13H17N3O2S/c1-8-7-19-11(14-8)6-16-5-4-10(17)15-12(13(16)18)9-2-3-9/h7,9,12H,2-6H2,1H3,(H,15,17). The lowest BCUT2D eigenvalue weighted by Gasteiger charge is -2.22. The maximum Gasteiger partial charge on any atom is 0.245 e. The highest BCUT2D eigenvalue weighted by atomic mass is 32.1. The Morgan fingerprint density at radius 3 is 2.89 bits per heavy atom. The maximum atomic E-state index is 12.5. The van der Waals surface area contributed by atoms with Crippen LogP contribution in [0.2, 0.25) is 0 Å². The number of hydrogen-bond acceptors (Lipinski definition) is 4. The minimum Gasteiger partial charge on any atom is -0.344 e. The SMILES string of the molecule is Cc1csc(CN2CCC(=O)NC(C3CC3)C2=O)n1. The van der Waals surface area contributed by atoms with Crippen LogP contribution in [0.1, 0.15) is 30.0 Å². The summed E-state index contributed by atoms with van der Waals surface area (Å²) in [5.74, 6) is 0.388. The molecule has 1 unspecified atom stereocenters. The number of nitrogens with one attached hydrogen (secondary N) is 1. The Bertz CT molecular complexity index is 510. The van der Waals surface area contributed by atoms with E-state index >= 15 is 0 Å². The number of thiazole rings is 1. The second-order valence-corrected chi connectivity index (χ2v) is 6.22. The van der Waals surface area contributed by atoms with Crippen molar-refractivity contribution in [1.82, 2.24) is 15.2 Å². The normalized spacial score (nSPS) is 24.3. The molecule has 5 nitrogen and oxygen atoms in total. The fourth-order valence-corrected chi connectivity index (χ4v) is 3.18. The van der Waals surface area contributed by atoms with E-state index in [0.29, 0.717) is 25.4 Å². The number of amides is 2. The molecule has 6 heteroatoms. The summed E-state index contributed by atoms with van der Waals surface area (Å²) < 4.78 is 0. The van der Waals surface area contributed by atoms with Crippen LogP contribution < -0.4 is 5.32 Å². The van der Waals surface area contributed by atoms with Gasteiger partial charge in [0.25, 0.3) is 0 Å². The van der Waals surface area contributed by atoms with Gasteiger partial charge < -0.3 is 10.2 Å². The summed E-state index contributed by atoms with van der Waals surface area (Å²) >= 11 is 1.57. The van der Waals surface area contributed by atoms with E-state index in [1.807, 2.05) is 12.3 Å². The van der Waals surface area contributed by atoms with Crippen molar-refractivity contribution < 1.29 is 9.59 Å². The lowest BCUT2D eigenvalue weighted by Crippen LogP contribution is -2.45. The van der Waals surface area contributed by atoms with Crippen LogP contribution in [0.3, 0.4) is 0 Å². The van der Waals surface area contributed by atoms with E-state index in [9.17, 15) is 9.59 Å². The number of hydrogen-bond donors (Lipinski definition) is 1. The van der Waals surface area contributed by atoms with Gasteiger partial charge in [0.15, 0.2) is 0 Å². The van der Waals surface area contributed by atoms with Crippen LogP contribution in [0, 0.1) is 12.8 Å². The Kier molecular flexibility index (Phi) is 3.26. The van der Waals surface area contributed by atoms with Crippen LogP contribution >= 0.6 is 11.3 Å². The predicted octanol–water partition coefficient (Wildman–Crippen LogP) is 1.08. The second-order valence-electron chi connectivity index (χ2n) is 5.28. The minimum absolute atomic E-state index is 0.0110. The monoisotopic (exact) mass is 279 g/mol. The fraction of sp³-hybridized carbons (Fsp3) is 0.615. The van der Waals surface area contributed by atoms with Gasteiger partial charge in [0.2, 0.25) is 11.8 Å². The van der Waals surface area contributed by atoms with E-state index in [2.05, 4.69) is 10.3 Å². The zero-order valence-electron chi connectivity index (χ0n) is 10.9. The van der Waals surface area contributed by atoms with Crippen molar-refractivity contribution in [3.8, 4) is 0 Å². The first-order valence-corrected chi connectivity index (χ1v) is 7.50. The molecule has 0 aromatic carbocycles. The molecule has 1 saturated heterocycles. The summed E-state index contributed by atoms with van der Waals surface area (Å²) in [5.41, 5.74) is 0.982. The molecule has 1 aromatic rings. The lowest BCUT2D eigenvalue weighted by atomic mass is 10.1. The molecule has 2 heterocycles. The molecule has 0 radical (unpaired) electrons. The summed E-state index contributed by atoms with van der Waals surface area (Å²) in [6.45, 7) is 2.96. The molecular weight excluding hydrogens is 262 g/mol. The van der Waals surface area contributed by atoms with Crippen molar-refractivity contribution in [2.75, 3.05) is 6.54 Å². The predicted molar refractivity (Wildman–Crippen MR) is 71.5 cm³/mol. The first-order valence-electron chi connectivity index (χ1n) is 6.62. The maximum absolute atomic E-state index is 12.5. The van der Waals surface area contributed by atoms with Crippen LogP contribution in [-0.4, -0.2) is 34.3 Å². The third kappa shape index (κ3) is 2.78. The summed E-state index contributed by atoms with van der Waals surface area (Å²) in [6.07, 6.45) is 2.47. The molecule has 1 atom stereocenters. The average molecular weight is 279 g/mol. The van der Waals surface area contributed by atoms with Gasteiger partial charge in [-0.3, -0.25) is 9.59 Å². The van der Waals surface area contributed by atoms with Gasteiger partial charge in [0, 0.05) is 24.0 Å². The van der Waals surface area contributed by atoms with Gasteiger partial charge in [-0.25, -0.2) is 4.98 Å². The van der Waals surface area contributed by atoms with Gasteiger partial charge in [-0.05, 0) is 25.7 Å². The van der Waals surface area contributed by atoms with Crippen LogP contribution in [0.4, 0.5) is 0 Å². The summed E-state index contributed by atoms with van der Waals surface area (Å²) in [5, 5.41) is 5.79. The highest BCUT2D eigenvalue weighted by Crippen LogP contribution is 2.34. The van der Waals surface area contributed by atoms with Crippen LogP contribution in [-0.2, 0) is 16.1 Å². The fourth-order valence-electron chi connectivity index (χ4n) is 2.40. The number of aromatic nitrogens is 1. The number of rotatable bonds is 3. The second kappa shape index (κ2) is 4.92. The summed E-state index contributed by atoms with van der Waals surface area (Å²) in [4.78, 5) is 30.3. The Morgan fingerprint density at radius 2 is 2.26 bits per heavy atom. The number of aryl methyl sites for hydroxylation is 1. The van der Waals surface area contributed by atoms with Crippen LogP contribution in [0.15, 0.2) is 5.38 Å². The Balaban J connectivity index is 1.75. The molecule has 0 spiro atoms. The largest absolute Gasteiger partial charge is 0.344 e. The number of carbonyl (C=O) groups is 2. The Hall–Kier alpha value is -1.43. The molecule has 1 aliphatic carbocycles. The van der Waals surface area contributed by atoms with Crippen molar-refractivity contribution in [2.45, 2.75) is 38.8 Å².